The first-order valence-electron chi connectivity index (χ1n) is 6.65. The largest absolute Gasteiger partial charge is 0.548 e. The molecule has 2 atom stereocenters. The van der Waals surface area contributed by atoms with Crippen LogP contribution in [0.1, 0.15) is 6.42 Å². The van der Waals surface area contributed by atoms with E-state index in [1.807, 2.05) is 5.32 Å². The second kappa shape index (κ2) is 6.60. The van der Waals surface area contributed by atoms with Crippen molar-refractivity contribution in [2.75, 3.05) is 13.1 Å². The van der Waals surface area contributed by atoms with Gasteiger partial charge in [0.1, 0.15) is 11.9 Å². The van der Waals surface area contributed by atoms with E-state index in [0.717, 1.165) is 28.6 Å². The summed E-state index contributed by atoms with van der Waals surface area (Å²) >= 11 is 0. The van der Waals surface area contributed by atoms with E-state index < -0.39 is 46.4 Å². The number of hydrogen-bond donors (Lipinski definition) is 2. The van der Waals surface area contributed by atoms with Crippen molar-refractivity contribution in [2.45, 2.75) is 23.5 Å². The summed E-state index contributed by atoms with van der Waals surface area (Å²) in [7, 11) is -4.14. The number of aliphatic carboxylic acids is 1. The number of carbonyl (C=O) groups is 2. The highest BCUT2D eigenvalue weighted by atomic mass is 32.2. The Morgan fingerprint density at radius 3 is 2.52 bits per heavy atom. The molecule has 2 N–H and O–H groups in total. The van der Waals surface area contributed by atoms with E-state index in [-0.39, 0.29) is 17.9 Å². The van der Waals surface area contributed by atoms with Crippen LogP contribution >= 0.6 is 0 Å². The van der Waals surface area contributed by atoms with Crippen molar-refractivity contribution in [1.82, 2.24) is 9.62 Å². The quantitative estimate of drug-likeness (QED) is 0.624. The second-order valence-corrected chi connectivity index (χ2v) is 6.91. The Morgan fingerprint density at radius 2 is 1.96 bits per heavy atom. The Hall–Kier alpha value is -2.04. The average Bonchev–Trinajstić information content (AvgIpc) is 2.88. The number of benzene rings is 1. The van der Waals surface area contributed by atoms with Gasteiger partial charge in [-0.2, -0.15) is 4.31 Å². The number of sulfonamides is 1. The molecule has 1 aromatic rings. The minimum atomic E-state index is -4.14. The number of β-amino-alcohol motifs (C(OH)–C–C–N with tert-alkyl or cyclic N) is 1. The lowest BCUT2D eigenvalue weighted by Gasteiger charge is -2.23. The molecular weight excluding hydrogens is 331 g/mol. The Labute approximate surface area is 131 Å². The number of carboxylic acid groups (broad SMARTS) is 1. The van der Waals surface area contributed by atoms with Crippen LogP contribution in [0, 0.1) is 5.82 Å². The summed E-state index contributed by atoms with van der Waals surface area (Å²) in [4.78, 5) is 22.1. The van der Waals surface area contributed by atoms with Gasteiger partial charge in [0.15, 0.2) is 0 Å². The molecule has 126 valence electrons. The molecule has 1 saturated heterocycles. The van der Waals surface area contributed by atoms with E-state index in [1.54, 1.807) is 0 Å². The van der Waals surface area contributed by atoms with E-state index in [9.17, 15) is 32.6 Å². The van der Waals surface area contributed by atoms with Crippen LogP contribution in [-0.4, -0.2) is 54.9 Å². The van der Waals surface area contributed by atoms with Crippen LogP contribution in [0.4, 0.5) is 4.39 Å². The molecule has 0 spiro atoms. The summed E-state index contributed by atoms with van der Waals surface area (Å²) < 4.78 is 38.8. The zero-order chi connectivity index (χ0) is 17.2. The number of hydrogen-bond acceptors (Lipinski definition) is 6. The predicted molar refractivity (Wildman–Crippen MR) is 72.7 cm³/mol. The topological polar surface area (TPSA) is 127 Å². The number of carboxylic acids is 1. The molecule has 10 heteroatoms. The maximum atomic E-state index is 12.9. The van der Waals surface area contributed by atoms with E-state index in [1.165, 1.54) is 0 Å². The van der Waals surface area contributed by atoms with Crippen molar-refractivity contribution in [3.05, 3.63) is 30.1 Å². The minimum Gasteiger partial charge on any atom is -0.548 e. The number of aliphatic hydroxyl groups excluding tert-OH is 1. The van der Waals surface area contributed by atoms with Crippen molar-refractivity contribution >= 4 is 21.9 Å². The molecule has 0 bridgehead atoms. The maximum absolute atomic E-state index is 12.9. The Balaban J connectivity index is 2.25. The van der Waals surface area contributed by atoms with Gasteiger partial charge in [-0.3, -0.25) is 4.79 Å². The Kier molecular flexibility index (Phi) is 4.97. The molecule has 0 saturated carbocycles. The zero-order valence-corrected chi connectivity index (χ0v) is 12.6. The van der Waals surface area contributed by atoms with E-state index >= 15 is 0 Å². The number of halogens is 1. The lowest BCUT2D eigenvalue weighted by Crippen LogP contribution is -2.48. The molecule has 0 radical (unpaired) electrons. The summed E-state index contributed by atoms with van der Waals surface area (Å²) in [5.74, 6) is -2.99. The SMILES string of the molecule is O=C([O-])CNC(=O)[C@@H]1C[C@@H](O)CN1S(=O)(=O)c1ccc(F)cc1. The van der Waals surface area contributed by atoms with E-state index in [4.69, 9.17) is 0 Å². The van der Waals surface area contributed by atoms with Gasteiger partial charge in [-0.05, 0) is 24.3 Å². The molecule has 0 aromatic heterocycles. The fourth-order valence-corrected chi connectivity index (χ4v) is 3.94. The lowest BCUT2D eigenvalue weighted by molar-refractivity contribution is -0.304. The van der Waals surface area contributed by atoms with Crippen LogP contribution in [0.2, 0.25) is 0 Å². The van der Waals surface area contributed by atoms with Gasteiger partial charge >= 0.3 is 0 Å². The number of nitrogens with zero attached hydrogens (tertiary/aromatic N) is 1. The van der Waals surface area contributed by atoms with E-state index in [2.05, 4.69) is 0 Å². The highest BCUT2D eigenvalue weighted by Crippen LogP contribution is 2.26. The molecule has 0 unspecified atom stereocenters. The highest BCUT2D eigenvalue weighted by Gasteiger charge is 2.43. The van der Waals surface area contributed by atoms with Crippen LogP contribution in [0.5, 0.6) is 0 Å². The van der Waals surface area contributed by atoms with Gasteiger partial charge in [0.25, 0.3) is 0 Å². The number of amides is 1. The maximum Gasteiger partial charge on any atom is 0.243 e. The van der Waals surface area contributed by atoms with Gasteiger partial charge in [0.2, 0.25) is 15.9 Å². The van der Waals surface area contributed by atoms with Gasteiger partial charge < -0.3 is 20.3 Å². The standard InChI is InChI=1S/C13H15FN2O6S/c14-8-1-3-10(4-2-8)23(21,22)16-7-9(17)5-11(16)13(20)15-6-12(18)19/h1-4,9,11,17H,5-7H2,(H,15,20)(H,18,19)/p-1/t9-,11+/m1/s1. The van der Waals surface area contributed by atoms with Crippen molar-refractivity contribution < 1.29 is 32.6 Å². The van der Waals surface area contributed by atoms with Crippen LogP contribution in [0.15, 0.2) is 29.2 Å². The van der Waals surface area contributed by atoms with Gasteiger partial charge in [-0.15, -0.1) is 0 Å². The third kappa shape index (κ3) is 3.84. The second-order valence-electron chi connectivity index (χ2n) is 5.02. The van der Waals surface area contributed by atoms with Crippen LogP contribution in [0.3, 0.4) is 0 Å². The predicted octanol–water partition coefficient (Wildman–Crippen LogP) is -2.18. The number of nitrogens with one attached hydrogen (secondary N) is 1. The van der Waals surface area contributed by atoms with Crippen molar-refractivity contribution in [2.24, 2.45) is 0 Å². The molecule has 1 amide bonds. The molecule has 23 heavy (non-hydrogen) atoms. The van der Waals surface area contributed by atoms with Crippen LogP contribution in [0.25, 0.3) is 0 Å². The van der Waals surface area contributed by atoms with Crippen LogP contribution in [-0.2, 0) is 19.6 Å². The molecular formula is C13H14FN2O6S-. The zero-order valence-electron chi connectivity index (χ0n) is 11.8. The van der Waals surface area contributed by atoms with Crippen molar-refractivity contribution in [3.63, 3.8) is 0 Å². The van der Waals surface area contributed by atoms with Gasteiger partial charge in [0, 0.05) is 13.0 Å². The van der Waals surface area contributed by atoms with Crippen molar-refractivity contribution in [1.29, 1.82) is 0 Å². The molecule has 1 aromatic carbocycles. The summed E-state index contributed by atoms with van der Waals surface area (Å²) in [6, 6.07) is 2.77. The third-order valence-electron chi connectivity index (χ3n) is 3.36. The summed E-state index contributed by atoms with van der Waals surface area (Å²) in [6.45, 7) is -1.08. The van der Waals surface area contributed by atoms with Gasteiger partial charge in [-0.25, -0.2) is 12.8 Å². The Bertz CT molecular complexity index is 706. The molecule has 1 aliphatic rings. The van der Waals surface area contributed by atoms with Gasteiger partial charge in [-0.1, -0.05) is 0 Å². The monoisotopic (exact) mass is 345 g/mol. The fourth-order valence-electron chi connectivity index (χ4n) is 2.31. The van der Waals surface area contributed by atoms with Crippen molar-refractivity contribution in [3.8, 4) is 0 Å². The summed E-state index contributed by atoms with van der Waals surface area (Å²) in [5, 5.41) is 22.1. The molecule has 1 aliphatic heterocycles. The molecule has 2 rings (SSSR count). The summed E-state index contributed by atoms with van der Waals surface area (Å²) in [6.07, 6.45) is -1.23. The number of aliphatic hydroxyl groups is 1. The lowest BCUT2D eigenvalue weighted by atomic mass is 10.2. The molecule has 0 aliphatic carbocycles. The molecule has 1 fully saturated rings. The number of rotatable bonds is 5. The first-order valence-corrected chi connectivity index (χ1v) is 8.09. The van der Waals surface area contributed by atoms with Crippen LogP contribution < -0.4 is 10.4 Å². The normalized spacial score (nSPS) is 22.0. The molecule has 8 nitrogen and oxygen atoms in total. The average molecular weight is 345 g/mol. The highest BCUT2D eigenvalue weighted by molar-refractivity contribution is 7.89. The first-order chi connectivity index (χ1) is 10.7. The number of carbonyl (C=O) groups excluding carboxylic acids is 2. The fraction of sp³-hybridized carbons (Fsp3) is 0.385. The van der Waals surface area contributed by atoms with E-state index in [0.29, 0.717) is 0 Å². The first kappa shape index (κ1) is 17.3. The smallest absolute Gasteiger partial charge is 0.243 e. The van der Waals surface area contributed by atoms with Gasteiger partial charge in [0.05, 0.1) is 23.5 Å². The molecule has 1 heterocycles. The third-order valence-corrected chi connectivity index (χ3v) is 5.25. The minimum absolute atomic E-state index is 0.167. The Morgan fingerprint density at radius 1 is 1.35 bits per heavy atom. The summed E-state index contributed by atoms with van der Waals surface area (Å²) in [5.41, 5.74) is 0.